The highest BCUT2D eigenvalue weighted by Gasteiger charge is 2.19. The zero-order valence-electron chi connectivity index (χ0n) is 19.3. The Kier molecular flexibility index (Phi) is 6.65. The largest absolute Gasteiger partial charge is 0.457 e. The molecule has 5 aromatic carbocycles. The minimum absolute atomic E-state index is 0.0995. The molecule has 0 atom stereocenters. The molecule has 0 saturated heterocycles. The third-order valence-corrected chi connectivity index (χ3v) is 6.26. The van der Waals surface area contributed by atoms with Gasteiger partial charge >= 0.3 is 0 Å². The van der Waals surface area contributed by atoms with Gasteiger partial charge in [-0.3, -0.25) is 4.57 Å². The number of nitrogen functional groups attached to an aromatic ring is 2. The first-order valence-corrected chi connectivity index (χ1v) is 12.2. The lowest BCUT2D eigenvalue weighted by Gasteiger charge is -2.18. The van der Waals surface area contributed by atoms with Gasteiger partial charge in [0.2, 0.25) is 0 Å². The van der Waals surface area contributed by atoms with E-state index in [-0.39, 0.29) is 8.46 Å². The Morgan fingerprint density at radius 2 is 0.972 bits per heavy atom. The van der Waals surface area contributed by atoms with Crippen LogP contribution in [0.4, 0.5) is 11.4 Å². The van der Waals surface area contributed by atoms with Crippen LogP contribution in [0.15, 0.2) is 115 Å². The monoisotopic (exact) mass is 490 g/mol. The molecular weight excluding hydrogens is 467 g/mol. The minimum Gasteiger partial charge on any atom is -0.457 e. The molecule has 0 heterocycles. The molecule has 36 heavy (non-hydrogen) atoms. The van der Waals surface area contributed by atoms with E-state index in [0.717, 1.165) is 22.3 Å². The smallest absolute Gasteiger partial charge is 0.192 e. The van der Waals surface area contributed by atoms with Crippen molar-refractivity contribution in [3.63, 3.8) is 0 Å². The Hall–Kier alpha value is -4.60. The van der Waals surface area contributed by atoms with Crippen LogP contribution in [-0.4, -0.2) is 0 Å². The molecule has 5 rings (SSSR count). The zero-order chi connectivity index (χ0) is 24.9. The number of nitrogens with two attached hydrogens (primary N) is 2. The first kappa shape index (κ1) is 23.2. The van der Waals surface area contributed by atoms with E-state index in [0.29, 0.717) is 39.7 Å². The molecule has 0 aromatic heterocycles. The van der Waals surface area contributed by atoms with Crippen LogP contribution in [0, 0.1) is 0 Å². The Balaban J connectivity index is 1.64. The van der Waals surface area contributed by atoms with Crippen molar-refractivity contribution in [1.82, 2.24) is 0 Å². The number of hydrogen-bond donors (Lipinski definition) is 2. The molecule has 0 unspecified atom stereocenters. The molecule has 0 radical (unpaired) electrons. The van der Waals surface area contributed by atoms with Gasteiger partial charge in [-0.15, -0.1) is 0 Å². The average Bonchev–Trinajstić information content (AvgIpc) is 2.91. The summed E-state index contributed by atoms with van der Waals surface area (Å²) in [5.74, 6) is 2.63. The van der Waals surface area contributed by atoms with Crippen LogP contribution in [0.25, 0.3) is 22.3 Å². The maximum absolute atomic E-state index is 12.3. The van der Waals surface area contributed by atoms with E-state index >= 15 is 0 Å². The summed E-state index contributed by atoms with van der Waals surface area (Å²) in [6.07, 6.45) is 0. The molecule has 0 amide bonds. The summed E-state index contributed by atoms with van der Waals surface area (Å²) in [4.78, 5) is 0. The fraction of sp³-hybridized carbons (Fsp3) is 0. The Labute approximate surface area is 211 Å². The maximum Gasteiger partial charge on any atom is 0.192 e. The predicted octanol–water partition coefficient (Wildman–Crippen LogP) is 7.69. The normalized spacial score (nSPS) is 10.8. The zero-order valence-corrected chi connectivity index (χ0v) is 20.2. The van der Waals surface area contributed by atoms with Crippen LogP contribution >= 0.6 is 8.46 Å². The summed E-state index contributed by atoms with van der Waals surface area (Å²) in [6, 6.07) is 35.7. The molecular formula is C30H23N2O3P. The van der Waals surface area contributed by atoms with E-state index in [9.17, 15) is 4.57 Å². The van der Waals surface area contributed by atoms with Gasteiger partial charge in [0.05, 0.1) is 5.30 Å². The lowest BCUT2D eigenvalue weighted by molar-refractivity contribution is 0.483. The number of benzene rings is 5. The third-order valence-electron chi connectivity index (χ3n) is 5.69. The van der Waals surface area contributed by atoms with Gasteiger partial charge in [-0.25, -0.2) is 0 Å². The van der Waals surface area contributed by atoms with Gasteiger partial charge in [0.15, 0.2) is 8.46 Å². The van der Waals surface area contributed by atoms with Crippen LogP contribution < -0.4 is 26.2 Å². The number of rotatable bonds is 7. The molecule has 4 N–H and O–H groups in total. The van der Waals surface area contributed by atoms with Crippen LogP contribution in [0.5, 0.6) is 23.0 Å². The second-order valence-electron chi connectivity index (χ2n) is 8.13. The second kappa shape index (κ2) is 10.3. The van der Waals surface area contributed by atoms with Gasteiger partial charge in [0.25, 0.3) is 0 Å². The highest BCUT2D eigenvalue weighted by atomic mass is 31.1. The Morgan fingerprint density at radius 1 is 0.500 bits per heavy atom. The summed E-state index contributed by atoms with van der Waals surface area (Å²) in [5, 5.41) is 0.642. The van der Waals surface area contributed by atoms with Crippen LogP contribution in [0.3, 0.4) is 0 Å². The maximum atomic E-state index is 12.3. The number of ether oxygens (including phenoxy) is 2. The van der Waals surface area contributed by atoms with Crippen LogP contribution in [-0.2, 0) is 4.57 Å². The fourth-order valence-corrected chi connectivity index (χ4v) is 4.47. The van der Waals surface area contributed by atoms with Gasteiger partial charge in [-0.2, -0.15) is 0 Å². The molecule has 176 valence electrons. The van der Waals surface area contributed by atoms with Crippen LogP contribution in [0.2, 0.25) is 0 Å². The van der Waals surface area contributed by atoms with Crippen molar-refractivity contribution in [2.75, 3.05) is 11.5 Å². The first-order valence-electron chi connectivity index (χ1n) is 11.3. The summed E-state index contributed by atoms with van der Waals surface area (Å²) in [6.45, 7) is 0. The van der Waals surface area contributed by atoms with Crippen LogP contribution in [0.1, 0.15) is 0 Å². The van der Waals surface area contributed by atoms with E-state index in [4.69, 9.17) is 20.9 Å². The molecule has 5 nitrogen and oxygen atoms in total. The number of para-hydroxylation sites is 2. The summed E-state index contributed by atoms with van der Waals surface area (Å²) >= 11 is 0. The average molecular weight is 490 g/mol. The van der Waals surface area contributed by atoms with E-state index in [2.05, 4.69) is 0 Å². The molecule has 0 aliphatic heterocycles. The molecule has 0 bridgehead atoms. The number of anilines is 2. The lowest BCUT2D eigenvalue weighted by Crippen LogP contribution is -2.02. The predicted molar refractivity (Wildman–Crippen MR) is 146 cm³/mol. The van der Waals surface area contributed by atoms with Crippen molar-refractivity contribution < 1.29 is 14.0 Å². The highest BCUT2D eigenvalue weighted by molar-refractivity contribution is 7.34. The fourth-order valence-electron chi connectivity index (χ4n) is 3.99. The topological polar surface area (TPSA) is 87.6 Å². The molecule has 0 fully saturated rings. The van der Waals surface area contributed by atoms with Crippen molar-refractivity contribution in [2.45, 2.75) is 0 Å². The van der Waals surface area contributed by atoms with Gasteiger partial charge in [0, 0.05) is 28.1 Å². The highest BCUT2D eigenvalue weighted by Crippen LogP contribution is 2.42. The van der Waals surface area contributed by atoms with E-state index in [1.807, 2.05) is 91.0 Å². The molecule has 0 aliphatic rings. The molecule has 6 heteroatoms. The van der Waals surface area contributed by atoms with Gasteiger partial charge in [0.1, 0.15) is 23.0 Å². The van der Waals surface area contributed by atoms with E-state index < -0.39 is 0 Å². The molecule has 5 aromatic rings. The quantitative estimate of drug-likeness (QED) is 0.180. The first-order chi connectivity index (χ1) is 17.6. The van der Waals surface area contributed by atoms with E-state index in [1.165, 1.54) is 0 Å². The van der Waals surface area contributed by atoms with Gasteiger partial charge in [-0.1, -0.05) is 48.5 Å². The van der Waals surface area contributed by atoms with Gasteiger partial charge in [-0.05, 0) is 72.3 Å². The Morgan fingerprint density at radius 3 is 1.53 bits per heavy atom. The molecule has 0 saturated carbocycles. The summed E-state index contributed by atoms with van der Waals surface area (Å²) in [7, 11) is -0.0995. The standard InChI is InChI=1S/C30H23N2O3P/c31-20-12-16-22(17-13-20)34-27-9-3-1-6-24(27)25-8-5-11-29(36-33)30(25)26-7-2-4-10-28(26)35-23-18-14-21(32)15-19-23/h1-19H,31-32H2. The molecule has 0 spiro atoms. The SMILES string of the molecule is Nc1ccc(Oc2ccccc2-c2cccc(P=O)c2-c2ccccc2Oc2ccc(N)cc2)cc1. The minimum atomic E-state index is -0.0995. The van der Waals surface area contributed by atoms with Crippen molar-refractivity contribution in [1.29, 1.82) is 0 Å². The third kappa shape index (κ3) is 4.92. The lowest BCUT2D eigenvalue weighted by atomic mass is 9.93. The van der Waals surface area contributed by atoms with Crippen molar-refractivity contribution in [3.8, 4) is 45.3 Å². The molecule has 0 aliphatic carbocycles. The number of hydrogen-bond acceptors (Lipinski definition) is 5. The van der Waals surface area contributed by atoms with E-state index in [1.54, 1.807) is 24.3 Å². The summed E-state index contributed by atoms with van der Waals surface area (Å²) < 4.78 is 24.8. The van der Waals surface area contributed by atoms with Crippen molar-refractivity contribution in [2.24, 2.45) is 0 Å². The summed E-state index contributed by atoms with van der Waals surface area (Å²) in [5.41, 5.74) is 16.3. The van der Waals surface area contributed by atoms with Crippen molar-refractivity contribution >= 4 is 25.1 Å². The second-order valence-corrected chi connectivity index (χ2v) is 8.79. The Bertz CT molecular complexity index is 1520. The van der Waals surface area contributed by atoms with Crippen molar-refractivity contribution in [3.05, 3.63) is 115 Å². The van der Waals surface area contributed by atoms with Gasteiger partial charge < -0.3 is 20.9 Å².